The molecule has 0 saturated heterocycles. The van der Waals surface area contributed by atoms with Crippen LogP contribution in [0.3, 0.4) is 0 Å². The van der Waals surface area contributed by atoms with Crippen LogP contribution in [-0.4, -0.2) is 24.4 Å². The lowest BCUT2D eigenvalue weighted by atomic mass is 10.1. The van der Waals surface area contributed by atoms with E-state index in [4.69, 9.17) is 10.5 Å². The van der Waals surface area contributed by atoms with Gasteiger partial charge in [-0.1, -0.05) is 30.3 Å². The van der Waals surface area contributed by atoms with E-state index in [0.29, 0.717) is 29.7 Å². The number of primary amides is 1. The van der Waals surface area contributed by atoms with E-state index in [-0.39, 0.29) is 12.4 Å². The number of benzene rings is 2. The normalized spacial score (nSPS) is 10.0. The molecule has 0 spiro atoms. The Balaban J connectivity index is 1.75. The zero-order valence-electron chi connectivity index (χ0n) is 13.0. The van der Waals surface area contributed by atoms with Crippen LogP contribution in [0.2, 0.25) is 0 Å². The van der Waals surface area contributed by atoms with Crippen molar-refractivity contribution in [3.05, 3.63) is 65.7 Å². The van der Waals surface area contributed by atoms with Crippen molar-refractivity contribution < 1.29 is 19.1 Å². The topological polar surface area (TPSA) is 98.5 Å². The number of carbonyl (C=O) groups excluding carboxylic acids is 3. The highest BCUT2D eigenvalue weighted by molar-refractivity contribution is 5.96. The molecule has 2 aromatic carbocycles. The molecule has 0 unspecified atom stereocenters. The van der Waals surface area contributed by atoms with Crippen molar-refractivity contribution in [1.82, 2.24) is 0 Å². The second-order valence-electron chi connectivity index (χ2n) is 5.10. The number of esters is 1. The minimum Gasteiger partial charge on any atom is -0.462 e. The summed E-state index contributed by atoms with van der Waals surface area (Å²) in [4.78, 5) is 34.5. The Bertz CT molecular complexity index is 712. The lowest BCUT2D eigenvalue weighted by molar-refractivity contribution is 0.0494. The van der Waals surface area contributed by atoms with Crippen LogP contribution >= 0.6 is 0 Å². The molecule has 3 N–H and O–H groups in total. The molecule has 0 saturated carbocycles. The molecule has 2 aromatic rings. The fourth-order valence-corrected chi connectivity index (χ4v) is 2.08. The second kappa shape index (κ2) is 8.47. The van der Waals surface area contributed by atoms with Crippen LogP contribution in [0.1, 0.15) is 33.6 Å². The first kappa shape index (κ1) is 17.2. The predicted molar refractivity (Wildman–Crippen MR) is 89.9 cm³/mol. The molecule has 0 fully saturated rings. The van der Waals surface area contributed by atoms with Crippen LogP contribution in [0.25, 0.3) is 0 Å². The average Bonchev–Trinajstić information content (AvgIpc) is 2.59. The number of hydrogen-bond acceptors (Lipinski definition) is 4. The van der Waals surface area contributed by atoms with Gasteiger partial charge < -0.3 is 15.8 Å². The lowest BCUT2D eigenvalue weighted by Crippen LogP contribution is -2.19. The molecular weight excluding hydrogens is 308 g/mol. The van der Waals surface area contributed by atoms with Gasteiger partial charge in [0.1, 0.15) is 0 Å². The van der Waals surface area contributed by atoms with Crippen LogP contribution in [-0.2, 0) is 4.74 Å². The van der Waals surface area contributed by atoms with Gasteiger partial charge in [-0.15, -0.1) is 0 Å². The maximum Gasteiger partial charge on any atom is 0.338 e. The predicted octanol–water partition coefficient (Wildman–Crippen LogP) is 3.00. The number of ether oxygens (including phenoxy) is 1. The van der Waals surface area contributed by atoms with Gasteiger partial charge in [0.25, 0.3) is 0 Å². The van der Waals surface area contributed by atoms with Crippen molar-refractivity contribution in [2.45, 2.75) is 12.8 Å². The number of Topliss-reactive ketones (excluding diaryl/α,β-unsaturated/α-hetero) is 1. The Kier molecular flexibility index (Phi) is 6.08. The number of nitrogens with one attached hydrogen (secondary N) is 1. The van der Waals surface area contributed by atoms with Gasteiger partial charge >= 0.3 is 12.0 Å². The van der Waals surface area contributed by atoms with Gasteiger partial charge in [-0.05, 0) is 30.7 Å². The van der Waals surface area contributed by atoms with Crippen molar-refractivity contribution in [2.75, 3.05) is 11.9 Å². The fraction of sp³-hybridized carbons (Fsp3) is 0.167. The molecular formula is C18H18N2O4. The number of carbonyl (C=O) groups is 3. The van der Waals surface area contributed by atoms with Gasteiger partial charge in [0.2, 0.25) is 0 Å². The first-order valence-electron chi connectivity index (χ1n) is 7.48. The first-order valence-corrected chi connectivity index (χ1v) is 7.48. The maximum absolute atomic E-state index is 11.9. The van der Waals surface area contributed by atoms with E-state index >= 15 is 0 Å². The molecule has 6 nitrogen and oxygen atoms in total. The Hall–Kier alpha value is -3.15. The molecule has 0 aromatic heterocycles. The van der Waals surface area contributed by atoms with E-state index in [1.165, 1.54) is 12.1 Å². The molecule has 0 heterocycles. The summed E-state index contributed by atoms with van der Waals surface area (Å²) in [6, 6.07) is 14.5. The summed E-state index contributed by atoms with van der Waals surface area (Å²) in [6.07, 6.45) is 0.777. The number of nitrogens with two attached hydrogens (primary N) is 1. The molecule has 2 amide bonds. The van der Waals surface area contributed by atoms with Gasteiger partial charge in [-0.2, -0.15) is 0 Å². The van der Waals surface area contributed by atoms with E-state index in [1.807, 2.05) is 18.2 Å². The van der Waals surface area contributed by atoms with E-state index in [2.05, 4.69) is 5.32 Å². The standard InChI is InChI=1S/C18H18N2O4/c19-18(23)20-15-10-8-14(9-11-15)17(22)24-12-4-7-16(21)13-5-2-1-3-6-13/h1-3,5-6,8-11H,4,7,12H2,(H3,19,20,23). The van der Waals surface area contributed by atoms with Crippen LogP contribution in [0.4, 0.5) is 10.5 Å². The smallest absolute Gasteiger partial charge is 0.338 e. The van der Waals surface area contributed by atoms with Crippen LogP contribution < -0.4 is 11.1 Å². The SMILES string of the molecule is NC(=O)Nc1ccc(C(=O)OCCCC(=O)c2ccccc2)cc1. The number of amides is 2. The summed E-state index contributed by atoms with van der Waals surface area (Å²) in [5.41, 5.74) is 6.51. The highest BCUT2D eigenvalue weighted by Crippen LogP contribution is 2.11. The van der Waals surface area contributed by atoms with Crippen molar-refractivity contribution in [3.63, 3.8) is 0 Å². The van der Waals surface area contributed by atoms with E-state index in [9.17, 15) is 14.4 Å². The zero-order valence-corrected chi connectivity index (χ0v) is 13.0. The number of hydrogen-bond donors (Lipinski definition) is 2. The third-order valence-electron chi connectivity index (χ3n) is 3.27. The summed E-state index contributed by atoms with van der Waals surface area (Å²) in [5.74, 6) is -0.457. The molecule has 0 bridgehead atoms. The lowest BCUT2D eigenvalue weighted by Gasteiger charge is -2.06. The summed E-state index contributed by atoms with van der Waals surface area (Å²) >= 11 is 0. The molecule has 0 atom stereocenters. The highest BCUT2D eigenvalue weighted by Gasteiger charge is 2.09. The van der Waals surface area contributed by atoms with Crippen LogP contribution in [0.15, 0.2) is 54.6 Å². The number of ketones is 1. The molecule has 0 aliphatic heterocycles. The Morgan fingerprint density at radius 3 is 2.21 bits per heavy atom. The van der Waals surface area contributed by atoms with Gasteiger partial charge in [-0.25, -0.2) is 9.59 Å². The molecule has 124 valence electrons. The van der Waals surface area contributed by atoms with E-state index in [0.717, 1.165) is 0 Å². The Morgan fingerprint density at radius 2 is 1.58 bits per heavy atom. The van der Waals surface area contributed by atoms with Gasteiger partial charge in [0, 0.05) is 17.7 Å². The van der Waals surface area contributed by atoms with Crippen molar-refractivity contribution >= 4 is 23.5 Å². The number of anilines is 1. The highest BCUT2D eigenvalue weighted by atomic mass is 16.5. The molecule has 24 heavy (non-hydrogen) atoms. The number of urea groups is 1. The second-order valence-corrected chi connectivity index (χ2v) is 5.10. The van der Waals surface area contributed by atoms with E-state index in [1.54, 1.807) is 24.3 Å². The fourth-order valence-electron chi connectivity index (χ4n) is 2.08. The minimum absolute atomic E-state index is 0.0218. The molecule has 0 aliphatic carbocycles. The largest absolute Gasteiger partial charge is 0.462 e. The van der Waals surface area contributed by atoms with Crippen LogP contribution in [0, 0.1) is 0 Å². The molecule has 0 radical (unpaired) electrons. The Morgan fingerprint density at radius 1 is 0.917 bits per heavy atom. The zero-order chi connectivity index (χ0) is 17.4. The monoisotopic (exact) mass is 326 g/mol. The van der Waals surface area contributed by atoms with Crippen molar-refractivity contribution in [3.8, 4) is 0 Å². The number of rotatable bonds is 7. The first-order chi connectivity index (χ1) is 11.6. The maximum atomic E-state index is 11.9. The third-order valence-corrected chi connectivity index (χ3v) is 3.27. The van der Waals surface area contributed by atoms with Gasteiger partial charge in [0.05, 0.1) is 12.2 Å². The summed E-state index contributed by atoms with van der Waals surface area (Å²) in [7, 11) is 0. The molecule has 6 heteroatoms. The van der Waals surface area contributed by atoms with E-state index < -0.39 is 12.0 Å². The quantitative estimate of drug-likeness (QED) is 0.464. The average molecular weight is 326 g/mol. The summed E-state index contributed by atoms with van der Waals surface area (Å²) in [6.45, 7) is 0.165. The third kappa shape index (κ3) is 5.24. The van der Waals surface area contributed by atoms with Gasteiger partial charge in [-0.3, -0.25) is 4.79 Å². The minimum atomic E-state index is -0.673. The van der Waals surface area contributed by atoms with Crippen molar-refractivity contribution in [2.24, 2.45) is 5.73 Å². The molecule has 0 aliphatic rings. The van der Waals surface area contributed by atoms with Crippen LogP contribution in [0.5, 0.6) is 0 Å². The Labute approximate surface area is 139 Å². The van der Waals surface area contributed by atoms with Crippen molar-refractivity contribution in [1.29, 1.82) is 0 Å². The molecule has 2 rings (SSSR count). The summed E-state index contributed by atoms with van der Waals surface area (Å²) < 4.78 is 5.13. The summed E-state index contributed by atoms with van der Waals surface area (Å²) in [5, 5.41) is 2.40. The van der Waals surface area contributed by atoms with Gasteiger partial charge in [0.15, 0.2) is 5.78 Å².